The summed E-state index contributed by atoms with van der Waals surface area (Å²) in [6, 6.07) is 6.65. The second kappa shape index (κ2) is 10.6. The molecule has 4 rings (SSSR count). The first-order valence-electron chi connectivity index (χ1n) is 11.8. The predicted molar refractivity (Wildman–Crippen MR) is 126 cm³/mol. The van der Waals surface area contributed by atoms with Gasteiger partial charge in [-0.1, -0.05) is 6.07 Å². The number of hydrogen-bond acceptors (Lipinski definition) is 5. The number of benzene rings is 1. The number of nitrogens with zero attached hydrogens (tertiary/aromatic N) is 2. The number of hydrogen-bond donors (Lipinski definition) is 3. The molecule has 2 aliphatic rings. The van der Waals surface area contributed by atoms with Crippen molar-refractivity contribution in [3.05, 3.63) is 59.4 Å². The van der Waals surface area contributed by atoms with Gasteiger partial charge in [-0.15, -0.1) is 0 Å². The van der Waals surface area contributed by atoms with Gasteiger partial charge in [-0.2, -0.15) is 13.2 Å². The van der Waals surface area contributed by atoms with E-state index in [4.69, 9.17) is 0 Å². The molecular weight excluding hydrogens is 459 g/mol. The van der Waals surface area contributed by atoms with Gasteiger partial charge in [0, 0.05) is 49.8 Å². The number of pyridine rings is 1. The van der Waals surface area contributed by atoms with Crippen molar-refractivity contribution in [1.82, 2.24) is 20.5 Å². The Hall–Kier alpha value is -3.14. The second-order valence-electron chi connectivity index (χ2n) is 9.20. The highest BCUT2D eigenvalue weighted by molar-refractivity contribution is 5.96. The first-order chi connectivity index (χ1) is 16.7. The fourth-order valence-corrected chi connectivity index (χ4v) is 4.99. The van der Waals surface area contributed by atoms with Crippen molar-refractivity contribution in [3.63, 3.8) is 0 Å². The fourth-order valence-electron chi connectivity index (χ4n) is 4.99. The lowest BCUT2D eigenvalue weighted by Crippen LogP contribution is -2.63. The van der Waals surface area contributed by atoms with Crippen molar-refractivity contribution in [3.8, 4) is 0 Å². The summed E-state index contributed by atoms with van der Waals surface area (Å²) < 4.78 is 38.5. The quantitative estimate of drug-likeness (QED) is 0.555. The molecule has 2 amide bonds. The SMILES string of the molecule is CNc1ccncc1[C@H]1CC[C@@H](N2CC(NC(=O)CNC(=O)c3cccc(C(F)(F)F)c3)C2)CC1. The molecule has 10 heteroatoms. The lowest BCUT2D eigenvalue weighted by molar-refractivity contribution is -0.137. The van der Waals surface area contributed by atoms with Crippen LogP contribution in [-0.4, -0.2) is 60.5 Å². The molecule has 0 atom stereocenters. The van der Waals surface area contributed by atoms with Gasteiger partial charge >= 0.3 is 6.18 Å². The molecule has 7 nitrogen and oxygen atoms in total. The number of likely N-dealkylation sites (tertiary alicyclic amines) is 1. The first kappa shape index (κ1) is 25.0. The number of alkyl halides is 3. The molecule has 2 fully saturated rings. The van der Waals surface area contributed by atoms with Gasteiger partial charge in [0.05, 0.1) is 18.2 Å². The monoisotopic (exact) mass is 489 g/mol. The third-order valence-electron chi connectivity index (χ3n) is 6.91. The van der Waals surface area contributed by atoms with Crippen LogP contribution in [0, 0.1) is 0 Å². The topological polar surface area (TPSA) is 86.4 Å². The van der Waals surface area contributed by atoms with Crippen LogP contribution in [0.3, 0.4) is 0 Å². The molecule has 2 heterocycles. The molecule has 1 saturated carbocycles. The van der Waals surface area contributed by atoms with E-state index in [1.807, 2.05) is 19.3 Å². The van der Waals surface area contributed by atoms with Crippen LogP contribution in [-0.2, 0) is 11.0 Å². The van der Waals surface area contributed by atoms with Gasteiger partial charge in [0.15, 0.2) is 0 Å². The van der Waals surface area contributed by atoms with E-state index >= 15 is 0 Å². The lowest BCUT2D eigenvalue weighted by atomic mass is 9.80. The number of rotatable bonds is 7. The summed E-state index contributed by atoms with van der Waals surface area (Å²) in [7, 11) is 1.93. The average Bonchev–Trinajstić information content (AvgIpc) is 2.84. The van der Waals surface area contributed by atoms with Crippen LogP contribution >= 0.6 is 0 Å². The van der Waals surface area contributed by atoms with Crippen LogP contribution in [0.4, 0.5) is 18.9 Å². The normalized spacial score (nSPS) is 21.1. The van der Waals surface area contributed by atoms with E-state index < -0.39 is 17.6 Å². The summed E-state index contributed by atoms with van der Waals surface area (Å²) >= 11 is 0. The minimum absolute atomic E-state index is 0.0138. The van der Waals surface area contributed by atoms with Crippen LogP contribution in [0.15, 0.2) is 42.7 Å². The van der Waals surface area contributed by atoms with Gasteiger partial charge < -0.3 is 16.0 Å². The number of amides is 2. The largest absolute Gasteiger partial charge is 0.416 e. The summed E-state index contributed by atoms with van der Waals surface area (Å²) in [6.07, 6.45) is 3.61. The molecule has 0 spiro atoms. The van der Waals surface area contributed by atoms with Crippen molar-refractivity contribution in [2.75, 3.05) is 32.0 Å². The molecule has 2 aromatic rings. The third kappa shape index (κ3) is 6.11. The maximum atomic E-state index is 12.8. The number of carbonyl (C=O) groups excluding carboxylic acids is 2. The molecule has 1 aromatic heterocycles. The van der Waals surface area contributed by atoms with E-state index in [0.29, 0.717) is 12.0 Å². The van der Waals surface area contributed by atoms with Gasteiger partial charge in [0.25, 0.3) is 5.91 Å². The second-order valence-corrected chi connectivity index (χ2v) is 9.20. The first-order valence-corrected chi connectivity index (χ1v) is 11.8. The Morgan fingerprint density at radius 2 is 1.86 bits per heavy atom. The molecule has 1 aromatic carbocycles. The molecule has 1 aliphatic heterocycles. The van der Waals surface area contributed by atoms with Crippen molar-refractivity contribution >= 4 is 17.5 Å². The standard InChI is InChI=1S/C25H30F3N5O2/c1-29-22-9-10-30-12-21(22)16-5-7-20(8-6-16)33-14-19(15-33)32-23(34)13-31-24(35)17-3-2-4-18(11-17)25(26,27)28/h2-4,9-12,16,19-20H,5-8,13-15H2,1H3,(H,29,30)(H,31,35)(H,32,34)/t16-,20+. The van der Waals surface area contributed by atoms with Gasteiger partial charge in [-0.25, -0.2) is 0 Å². The Morgan fingerprint density at radius 1 is 1.11 bits per heavy atom. The fraction of sp³-hybridized carbons (Fsp3) is 0.480. The lowest BCUT2D eigenvalue weighted by Gasteiger charge is -2.46. The molecule has 0 radical (unpaired) electrons. The maximum absolute atomic E-state index is 12.8. The van der Waals surface area contributed by atoms with E-state index in [0.717, 1.165) is 56.6 Å². The molecule has 3 N–H and O–H groups in total. The molecule has 0 unspecified atom stereocenters. The van der Waals surface area contributed by atoms with Crippen molar-refractivity contribution < 1.29 is 22.8 Å². The van der Waals surface area contributed by atoms with E-state index in [9.17, 15) is 22.8 Å². The van der Waals surface area contributed by atoms with Crippen molar-refractivity contribution in [1.29, 1.82) is 0 Å². The Bertz CT molecular complexity index is 1050. The minimum atomic E-state index is -4.53. The van der Waals surface area contributed by atoms with Crippen molar-refractivity contribution in [2.45, 2.75) is 49.9 Å². The van der Waals surface area contributed by atoms with Crippen LogP contribution in [0.1, 0.15) is 53.1 Å². The van der Waals surface area contributed by atoms with E-state index in [-0.39, 0.29) is 24.1 Å². The van der Waals surface area contributed by atoms with Crippen LogP contribution < -0.4 is 16.0 Å². The zero-order chi connectivity index (χ0) is 25.0. The molecule has 1 saturated heterocycles. The number of anilines is 1. The van der Waals surface area contributed by atoms with Gasteiger partial charge in [0.2, 0.25) is 5.91 Å². The highest BCUT2D eigenvalue weighted by Gasteiger charge is 2.36. The van der Waals surface area contributed by atoms with Crippen LogP contribution in [0.2, 0.25) is 0 Å². The summed E-state index contributed by atoms with van der Waals surface area (Å²) in [6.45, 7) is 1.24. The van der Waals surface area contributed by atoms with Gasteiger partial charge in [0.1, 0.15) is 0 Å². The molecular formula is C25H30F3N5O2. The van der Waals surface area contributed by atoms with Gasteiger partial charge in [-0.05, 0) is 61.4 Å². The number of nitrogens with one attached hydrogen (secondary N) is 3. The summed E-state index contributed by atoms with van der Waals surface area (Å²) in [5, 5.41) is 8.52. The number of carbonyl (C=O) groups is 2. The van der Waals surface area contributed by atoms with E-state index in [1.165, 1.54) is 17.7 Å². The van der Waals surface area contributed by atoms with Crippen LogP contribution in [0.5, 0.6) is 0 Å². The summed E-state index contributed by atoms with van der Waals surface area (Å²) in [4.78, 5) is 31.0. The highest BCUT2D eigenvalue weighted by Crippen LogP contribution is 2.38. The van der Waals surface area contributed by atoms with E-state index in [1.54, 1.807) is 6.20 Å². The number of aromatic nitrogens is 1. The smallest absolute Gasteiger partial charge is 0.388 e. The highest BCUT2D eigenvalue weighted by atomic mass is 19.4. The molecule has 0 bridgehead atoms. The predicted octanol–water partition coefficient (Wildman–Crippen LogP) is 3.40. The van der Waals surface area contributed by atoms with Crippen molar-refractivity contribution in [2.24, 2.45) is 0 Å². The zero-order valence-electron chi connectivity index (χ0n) is 19.6. The van der Waals surface area contributed by atoms with Gasteiger partial charge in [-0.3, -0.25) is 19.5 Å². The summed E-state index contributed by atoms with van der Waals surface area (Å²) in [5.74, 6) is -0.567. The molecule has 188 valence electrons. The average molecular weight is 490 g/mol. The minimum Gasteiger partial charge on any atom is -0.388 e. The zero-order valence-corrected chi connectivity index (χ0v) is 19.6. The Kier molecular flexibility index (Phi) is 7.59. The molecule has 1 aliphatic carbocycles. The Labute approximate surface area is 202 Å². The molecule has 35 heavy (non-hydrogen) atoms. The Balaban J connectivity index is 1.17. The Morgan fingerprint density at radius 3 is 2.54 bits per heavy atom. The van der Waals surface area contributed by atoms with Crippen LogP contribution in [0.25, 0.3) is 0 Å². The van der Waals surface area contributed by atoms with E-state index in [2.05, 4.69) is 25.8 Å². The number of halogens is 3. The summed E-state index contributed by atoms with van der Waals surface area (Å²) in [5.41, 5.74) is 1.37. The third-order valence-corrected chi connectivity index (χ3v) is 6.91. The maximum Gasteiger partial charge on any atom is 0.416 e.